The summed E-state index contributed by atoms with van der Waals surface area (Å²) in [5, 5.41) is 4.66. The van der Waals surface area contributed by atoms with Crippen molar-refractivity contribution in [3.05, 3.63) is 57.6 Å². The highest BCUT2D eigenvalue weighted by atomic mass is 35.5. The van der Waals surface area contributed by atoms with Crippen molar-refractivity contribution in [2.24, 2.45) is 5.92 Å². The molecule has 3 nitrogen and oxygen atoms in total. The Morgan fingerprint density at radius 3 is 2.52 bits per heavy atom. The summed E-state index contributed by atoms with van der Waals surface area (Å²) in [5.41, 5.74) is 1.95. The van der Waals surface area contributed by atoms with Crippen LogP contribution < -0.4 is 14.8 Å². The Labute approximate surface area is 160 Å². The molecule has 1 N–H and O–H groups in total. The van der Waals surface area contributed by atoms with Crippen LogP contribution in [0.25, 0.3) is 0 Å². The summed E-state index contributed by atoms with van der Waals surface area (Å²) in [4.78, 5) is 0. The zero-order valence-electron chi connectivity index (χ0n) is 14.9. The number of ether oxygens (including phenoxy) is 2. The van der Waals surface area contributed by atoms with E-state index in [1.165, 1.54) is 0 Å². The van der Waals surface area contributed by atoms with Crippen molar-refractivity contribution in [1.29, 1.82) is 0 Å². The number of para-hydroxylation sites is 1. The number of hydrogen-bond donors (Lipinski definition) is 1. The summed E-state index contributed by atoms with van der Waals surface area (Å²) in [6.45, 7) is 8.94. The van der Waals surface area contributed by atoms with Gasteiger partial charge in [0, 0.05) is 27.7 Å². The van der Waals surface area contributed by atoms with Crippen LogP contribution in [0.1, 0.15) is 31.9 Å². The normalized spacial score (nSPS) is 11.0. The highest BCUT2D eigenvalue weighted by molar-refractivity contribution is 6.35. The molecule has 0 aliphatic heterocycles. The molecule has 25 heavy (non-hydrogen) atoms. The first-order valence-corrected chi connectivity index (χ1v) is 9.29. The molecule has 0 heterocycles. The Kier molecular flexibility index (Phi) is 7.89. The van der Waals surface area contributed by atoms with Crippen LogP contribution >= 0.6 is 23.2 Å². The molecule has 0 aromatic heterocycles. The van der Waals surface area contributed by atoms with Crippen LogP contribution in [0.4, 0.5) is 0 Å². The molecule has 0 aliphatic rings. The molecule has 0 aliphatic carbocycles. The Morgan fingerprint density at radius 2 is 1.84 bits per heavy atom. The molecule has 5 heteroatoms. The molecule has 2 rings (SSSR count). The zero-order chi connectivity index (χ0) is 18.2. The summed E-state index contributed by atoms with van der Waals surface area (Å²) >= 11 is 12.2. The van der Waals surface area contributed by atoms with Crippen molar-refractivity contribution in [2.75, 3.05) is 13.2 Å². The lowest BCUT2D eigenvalue weighted by Gasteiger charge is -2.17. The second kappa shape index (κ2) is 9.91. The van der Waals surface area contributed by atoms with Crippen LogP contribution in [-0.4, -0.2) is 13.2 Å². The van der Waals surface area contributed by atoms with Crippen molar-refractivity contribution < 1.29 is 9.47 Å². The van der Waals surface area contributed by atoms with Gasteiger partial charge in [0.05, 0.1) is 6.61 Å². The molecule has 0 saturated heterocycles. The fourth-order valence-corrected chi connectivity index (χ4v) is 2.88. The average molecular weight is 382 g/mol. The smallest absolute Gasteiger partial charge is 0.166 e. The lowest BCUT2D eigenvalue weighted by Crippen LogP contribution is -2.19. The molecule has 0 saturated carbocycles. The van der Waals surface area contributed by atoms with E-state index >= 15 is 0 Å². The average Bonchev–Trinajstić information content (AvgIpc) is 2.55. The van der Waals surface area contributed by atoms with Crippen LogP contribution in [0.15, 0.2) is 36.4 Å². The van der Waals surface area contributed by atoms with Crippen LogP contribution in [0, 0.1) is 5.92 Å². The molecule has 2 aromatic carbocycles. The van der Waals surface area contributed by atoms with Gasteiger partial charge < -0.3 is 14.8 Å². The Morgan fingerprint density at radius 1 is 1.04 bits per heavy atom. The number of rotatable bonds is 9. The van der Waals surface area contributed by atoms with Gasteiger partial charge in [0.15, 0.2) is 11.5 Å². The molecule has 0 unspecified atom stereocenters. The van der Waals surface area contributed by atoms with Crippen LogP contribution in [0.5, 0.6) is 11.5 Å². The van der Waals surface area contributed by atoms with Gasteiger partial charge in [-0.05, 0) is 37.6 Å². The molecular formula is C20H25Cl2NO2. The van der Waals surface area contributed by atoms with Gasteiger partial charge in [0.1, 0.15) is 6.61 Å². The van der Waals surface area contributed by atoms with Gasteiger partial charge in [-0.1, -0.05) is 55.2 Å². The second-order valence-electron chi connectivity index (χ2n) is 6.23. The van der Waals surface area contributed by atoms with Crippen LogP contribution in [-0.2, 0) is 13.2 Å². The van der Waals surface area contributed by atoms with E-state index in [9.17, 15) is 0 Å². The van der Waals surface area contributed by atoms with Gasteiger partial charge >= 0.3 is 0 Å². The predicted octanol–water partition coefficient (Wildman–Crippen LogP) is 5.72. The van der Waals surface area contributed by atoms with Gasteiger partial charge in [-0.15, -0.1) is 0 Å². The fourth-order valence-electron chi connectivity index (χ4n) is 2.42. The van der Waals surface area contributed by atoms with Crippen molar-refractivity contribution in [3.63, 3.8) is 0 Å². The van der Waals surface area contributed by atoms with E-state index in [1.807, 2.05) is 31.2 Å². The van der Waals surface area contributed by atoms with Gasteiger partial charge in [-0.3, -0.25) is 0 Å². The minimum absolute atomic E-state index is 0.358. The maximum atomic E-state index is 6.25. The quantitative estimate of drug-likeness (QED) is 0.602. The second-order valence-corrected chi connectivity index (χ2v) is 7.07. The summed E-state index contributed by atoms with van der Waals surface area (Å²) in [6.07, 6.45) is 0. The Bertz CT molecular complexity index is 689. The fraction of sp³-hybridized carbons (Fsp3) is 0.400. The summed E-state index contributed by atoms with van der Waals surface area (Å²) in [5.74, 6) is 2.09. The first kappa shape index (κ1) is 19.9. The topological polar surface area (TPSA) is 30.5 Å². The molecule has 0 spiro atoms. The minimum atomic E-state index is 0.358. The lowest BCUT2D eigenvalue weighted by atomic mass is 10.1. The van der Waals surface area contributed by atoms with Gasteiger partial charge in [-0.25, -0.2) is 0 Å². The summed E-state index contributed by atoms with van der Waals surface area (Å²) < 4.78 is 11.8. The van der Waals surface area contributed by atoms with E-state index in [1.54, 1.807) is 6.07 Å². The minimum Gasteiger partial charge on any atom is -0.490 e. The standard InChI is InChI=1S/C20H25Cl2NO2/c1-4-24-19-7-5-6-15(12-23-11-14(2)3)20(19)25-13-16-8-9-17(21)10-18(16)22/h5-10,14,23H,4,11-13H2,1-3H3. The molecule has 2 aromatic rings. The van der Waals surface area contributed by atoms with E-state index in [-0.39, 0.29) is 0 Å². The molecular weight excluding hydrogens is 357 g/mol. The summed E-state index contributed by atoms with van der Waals surface area (Å²) in [6, 6.07) is 11.4. The zero-order valence-corrected chi connectivity index (χ0v) is 16.5. The Balaban J connectivity index is 2.17. The van der Waals surface area contributed by atoms with Crippen molar-refractivity contribution in [1.82, 2.24) is 5.32 Å². The third-order valence-corrected chi connectivity index (χ3v) is 4.20. The molecule has 0 atom stereocenters. The number of hydrogen-bond acceptors (Lipinski definition) is 3. The third-order valence-electron chi connectivity index (χ3n) is 3.62. The van der Waals surface area contributed by atoms with Crippen LogP contribution in [0.3, 0.4) is 0 Å². The molecule has 0 amide bonds. The van der Waals surface area contributed by atoms with E-state index in [0.717, 1.165) is 35.7 Å². The maximum Gasteiger partial charge on any atom is 0.166 e. The van der Waals surface area contributed by atoms with Crippen LogP contribution in [0.2, 0.25) is 10.0 Å². The van der Waals surface area contributed by atoms with Gasteiger partial charge in [0.2, 0.25) is 0 Å². The maximum absolute atomic E-state index is 6.25. The Hall–Kier alpha value is -1.42. The highest BCUT2D eigenvalue weighted by Gasteiger charge is 2.12. The molecule has 136 valence electrons. The highest BCUT2D eigenvalue weighted by Crippen LogP contribution is 2.33. The SMILES string of the molecule is CCOc1cccc(CNCC(C)C)c1OCc1ccc(Cl)cc1Cl. The van der Waals surface area contributed by atoms with E-state index in [4.69, 9.17) is 32.7 Å². The first-order chi connectivity index (χ1) is 12.0. The monoisotopic (exact) mass is 381 g/mol. The van der Waals surface area contributed by atoms with Crippen molar-refractivity contribution in [3.8, 4) is 11.5 Å². The number of halogens is 2. The lowest BCUT2D eigenvalue weighted by molar-refractivity contribution is 0.266. The molecule has 0 radical (unpaired) electrons. The van der Waals surface area contributed by atoms with Crippen molar-refractivity contribution >= 4 is 23.2 Å². The van der Waals surface area contributed by atoms with Gasteiger partial charge in [0.25, 0.3) is 0 Å². The molecule has 0 fully saturated rings. The van der Waals surface area contributed by atoms with E-state index < -0.39 is 0 Å². The predicted molar refractivity (Wildman–Crippen MR) is 105 cm³/mol. The largest absolute Gasteiger partial charge is 0.490 e. The molecule has 0 bridgehead atoms. The van der Waals surface area contributed by atoms with E-state index in [2.05, 4.69) is 25.2 Å². The summed E-state index contributed by atoms with van der Waals surface area (Å²) in [7, 11) is 0. The number of nitrogens with one attached hydrogen (secondary N) is 1. The first-order valence-electron chi connectivity index (χ1n) is 8.53. The number of benzene rings is 2. The van der Waals surface area contributed by atoms with Gasteiger partial charge in [-0.2, -0.15) is 0 Å². The third kappa shape index (κ3) is 6.10. The van der Waals surface area contributed by atoms with E-state index in [0.29, 0.717) is 29.2 Å². The van der Waals surface area contributed by atoms with Crippen molar-refractivity contribution in [2.45, 2.75) is 33.9 Å².